The van der Waals surface area contributed by atoms with E-state index < -0.39 is 28.5 Å². The van der Waals surface area contributed by atoms with Crippen molar-refractivity contribution < 1.29 is 22.7 Å². The molecule has 4 rings (SSSR count). The molecule has 0 saturated heterocycles. The number of para-hydroxylation sites is 1. The molecule has 3 aromatic rings. The molecule has 0 spiro atoms. The quantitative estimate of drug-likeness (QED) is 0.319. The number of nitrogens with zero attached hydrogens (tertiary/aromatic N) is 2. The lowest BCUT2D eigenvalue weighted by Crippen LogP contribution is -2.53. The standard InChI is InChI=1S/C31H36ClN3O5S/c1-23(31(37)33-25-12-5-3-6-13-25)34(21-24-11-9-10-16-29(24)32)30(36)22-35(26-14-7-4-8-15-26)41(38,39)28-19-17-27(40-2)18-20-28/h4,7-11,14-20,23,25H,3,5-6,12-13,21-22H2,1-2H3,(H,33,37)/t23-/m1/s1. The van der Waals surface area contributed by atoms with Crippen LogP contribution >= 0.6 is 11.6 Å². The van der Waals surface area contributed by atoms with Gasteiger partial charge in [-0.05, 0) is 67.8 Å². The summed E-state index contributed by atoms with van der Waals surface area (Å²) < 4.78 is 34.0. The number of nitrogens with one attached hydrogen (secondary N) is 1. The second-order valence-corrected chi connectivity index (χ2v) is 12.4. The van der Waals surface area contributed by atoms with Crippen LogP contribution in [0.25, 0.3) is 0 Å². The number of hydrogen-bond acceptors (Lipinski definition) is 5. The van der Waals surface area contributed by atoms with Crippen LogP contribution in [0.2, 0.25) is 5.02 Å². The van der Waals surface area contributed by atoms with Crippen LogP contribution in [-0.4, -0.2) is 50.9 Å². The van der Waals surface area contributed by atoms with Crippen LogP contribution in [0.4, 0.5) is 5.69 Å². The molecule has 0 unspecified atom stereocenters. The van der Waals surface area contributed by atoms with Gasteiger partial charge in [0, 0.05) is 17.6 Å². The minimum atomic E-state index is -4.15. The van der Waals surface area contributed by atoms with Crippen molar-refractivity contribution in [3.8, 4) is 5.75 Å². The Morgan fingerprint density at radius 1 is 0.951 bits per heavy atom. The molecule has 0 aliphatic heterocycles. The van der Waals surface area contributed by atoms with E-state index in [1.165, 1.54) is 24.1 Å². The van der Waals surface area contributed by atoms with E-state index in [1.54, 1.807) is 73.7 Å². The van der Waals surface area contributed by atoms with Gasteiger partial charge in [0.15, 0.2) is 0 Å². The number of carbonyl (C=O) groups is 2. The monoisotopic (exact) mass is 597 g/mol. The van der Waals surface area contributed by atoms with Crippen LogP contribution in [-0.2, 0) is 26.2 Å². The van der Waals surface area contributed by atoms with E-state index in [4.69, 9.17) is 16.3 Å². The molecule has 1 N–H and O–H groups in total. The van der Waals surface area contributed by atoms with Gasteiger partial charge in [-0.1, -0.05) is 67.3 Å². The molecule has 41 heavy (non-hydrogen) atoms. The van der Waals surface area contributed by atoms with Gasteiger partial charge in [0.2, 0.25) is 11.8 Å². The van der Waals surface area contributed by atoms with Crippen molar-refractivity contribution in [1.82, 2.24) is 10.2 Å². The molecule has 0 radical (unpaired) electrons. The lowest BCUT2D eigenvalue weighted by molar-refractivity contribution is -0.139. The Hall–Kier alpha value is -3.56. The molecule has 0 bridgehead atoms. The lowest BCUT2D eigenvalue weighted by Gasteiger charge is -2.33. The smallest absolute Gasteiger partial charge is 0.264 e. The SMILES string of the molecule is COc1ccc(S(=O)(=O)N(CC(=O)N(Cc2ccccc2Cl)[C@H](C)C(=O)NC2CCCCC2)c2ccccc2)cc1. The molecular formula is C31H36ClN3O5S. The fourth-order valence-corrected chi connectivity index (χ4v) is 6.57. The summed E-state index contributed by atoms with van der Waals surface area (Å²) in [5.41, 5.74) is 0.984. The molecule has 10 heteroatoms. The Kier molecular flexibility index (Phi) is 10.3. The van der Waals surface area contributed by atoms with Crippen LogP contribution in [0.1, 0.15) is 44.6 Å². The Morgan fingerprint density at radius 2 is 1.59 bits per heavy atom. The number of amides is 2. The number of anilines is 1. The van der Waals surface area contributed by atoms with E-state index in [9.17, 15) is 18.0 Å². The number of benzene rings is 3. The molecular weight excluding hydrogens is 562 g/mol. The van der Waals surface area contributed by atoms with Crippen LogP contribution in [0.15, 0.2) is 83.8 Å². The van der Waals surface area contributed by atoms with Gasteiger partial charge in [-0.3, -0.25) is 13.9 Å². The van der Waals surface area contributed by atoms with Gasteiger partial charge in [-0.15, -0.1) is 0 Å². The zero-order valence-electron chi connectivity index (χ0n) is 23.3. The van der Waals surface area contributed by atoms with Crippen molar-refractivity contribution in [2.75, 3.05) is 18.0 Å². The van der Waals surface area contributed by atoms with Gasteiger partial charge in [-0.2, -0.15) is 0 Å². The third kappa shape index (κ3) is 7.59. The maximum atomic E-state index is 14.0. The van der Waals surface area contributed by atoms with Gasteiger partial charge < -0.3 is 15.0 Å². The van der Waals surface area contributed by atoms with Gasteiger partial charge in [0.05, 0.1) is 17.7 Å². The van der Waals surface area contributed by atoms with E-state index in [0.29, 0.717) is 22.0 Å². The van der Waals surface area contributed by atoms with Gasteiger partial charge in [-0.25, -0.2) is 8.42 Å². The highest BCUT2D eigenvalue weighted by atomic mass is 35.5. The molecule has 8 nitrogen and oxygen atoms in total. The molecule has 218 valence electrons. The van der Waals surface area contributed by atoms with Crippen LogP contribution < -0.4 is 14.4 Å². The summed E-state index contributed by atoms with van der Waals surface area (Å²) in [6.45, 7) is 1.20. The summed E-state index contributed by atoms with van der Waals surface area (Å²) in [6, 6.07) is 20.7. The van der Waals surface area contributed by atoms with Crippen molar-refractivity contribution >= 4 is 39.1 Å². The van der Waals surface area contributed by atoms with Gasteiger partial charge in [0.25, 0.3) is 10.0 Å². The Balaban J connectivity index is 1.66. The number of carbonyl (C=O) groups excluding carboxylic acids is 2. The first kappa shape index (κ1) is 30.4. The molecule has 1 aliphatic carbocycles. The number of methoxy groups -OCH3 is 1. The number of ether oxygens (including phenoxy) is 1. The molecule has 3 aromatic carbocycles. The van der Waals surface area contributed by atoms with Crippen LogP contribution in [0.3, 0.4) is 0 Å². The predicted octanol–water partition coefficient (Wildman–Crippen LogP) is 5.41. The average Bonchev–Trinajstić information content (AvgIpc) is 3.00. The fraction of sp³-hybridized carbons (Fsp3) is 0.355. The molecule has 1 fully saturated rings. The highest BCUT2D eigenvalue weighted by Gasteiger charge is 2.33. The highest BCUT2D eigenvalue weighted by Crippen LogP contribution is 2.26. The maximum Gasteiger partial charge on any atom is 0.264 e. The van der Waals surface area contributed by atoms with E-state index in [0.717, 1.165) is 36.4 Å². The summed E-state index contributed by atoms with van der Waals surface area (Å²) in [4.78, 5) is 28.8. The topological polar surface area (TPSA) is 96.0 Å². The van der Waals surface area contributed by atoms with Crippen LogP contribution in [0.5, 0.6) is 5.75 Å². The first-order valence-corrected chi connectivity index (χ1v) is 15.6. The van der Waals surface area contributed by atoms with Crippen molar-refractivity contribution in [2.45, 2.75) is 62.6 Å². The third-order valence-corrected chi connectivity index (χ3v) is 9.54. The third-order valence-electron chi connectivity index (χ3n) is 7.39. The van der Waals surface area contributed by atoms with Crippen molar-refractivity contribution in [3.05, 3.63) is 89.4 Å². The minimum absolute atomic E-state index is 0.00990. The van der Waals surface area contributed by atoms with E-state index in [-0.39, 0.29) is 23.4 Å². The zero-order valence-corrected chi connectivity index (χ0v) is 24.9. The first-order chi connectivity index (χ1) is 19.7. The minimum Gasteiger partial charge on any atom is -0.497 e. The van der Waals surface area contributed by atoms with Crippen molar-refractivity contribution in [3.63, 3.8) is 0 Å². The average molecular weight is 598 g/mol. The lowest BCUT2D eigenvalue weighted by atomic mass is 9.95. The molecule has 1 aliphatic rings. The molecule has 1 atom stereocenters. The van der Waals surface area contributed by atoms with E-state index in [2.05, 4.69) is 5.32 Å². The Labute approximate surface area is 247 Å². The van der Waals surface area contributed by atoms with Gasteiger partial charge >= 0.3 is 0 Å². The normalized spacial score (nSPS) is 14.6. The first-order valence-electron chi connectivity index (χ1n) is 13.8. The number of sulfonamides is 1. The van der Waals surface area contributed by atoms with E-state index >= 15 is 0 Å². The molecule has 2 amide bonds. The maximum absolute atomic E-state index is 14.0. The van der Waals surface area contributed by atoms with Crippen LogP contribution in [0, 0.1) is 0 Å². The highest BCUT2D eigenvalue weighted by molar-refractivity contribution is 7.92. The Morgan fingerprint density at radius 3 is 2.22 bits per heavy atom. The summed E-state index contributed by atoms with van der Waals surface area (Å²) in [5.74, 6) is -0.297. The fourth-order valence-electron chi connectivity index (χ4n) is 4.96. The summed E-state index contributed by atoms with van der Waals surface area (Å²) in [5, 5.41) is 3.55. The Bertz CT molecular complexity index is 1430. The van der Waals surface area contributed by atoms with Gasteiger partial charge in [0.1, 0.15) is 18.3 Å². The predicted molar refractivity (Wildman–Crippen MR) is 160 cm³/mol. The molecule has 0 heterocycles. The number of hydrogen-bond donors (Lipinski definition) is 1. The van der Waals surface area contributed by atoms with Crippen molar-refractivity contribution in [1.29, 1.82) is 0 Å². The van der Waals surface area contributed by atoms with E-state index in [1.807, 2.05) is 0 Å². The summed E-state index contributed by atoms with van der Waals surface area (Å²) in [6.07, 6.45) is 5.06. The zero-order chi connectivity index (χ0) is 29.4. The summed E-state index contributed by atoms with van der Waals surface area (Å²) >= 11 is 6.44. The largest absolute Gasteiger partial charge is 0.497 e. The summed E-state index contributed by atoms with van der Waals surface area (Å²) in [7, 11) is -2.66. The van der Waals surface area contributed by atoms with Crippen molar-refractivity contribution in [2.24, 2.45) is 0 Å². The second-order valence-electron chi connectivity index (χ2n) is 10.2. The molecule has 1 saturated carbocycles. The number of halogens is 1. The number of rotatable bonds is 11. The molecule has 0 aromatic heterocycles. The second kappa shape index (κ2) is 13.9.